The lowest BCUT2D eigenvalue weighted by Crippen LogP contribution is -2.38. The van der Waals surface area contributed by atoms with Gasteiger partial charge in [-0.3, -0.25) is 4.55 Å². The molecule has 0 aliphatic heterocycles. The molecule has 1 aliphatic carbocycles. The maximum absolute atomic E-state index is 11.2. The highest BCUT2D eigenvalue weighted by molar-refractivity contribution is 9.09. The third-order valence-electron chi connectivity index (χ3n) is 2.21. The molecule has 0 aromatic rings. The van der Waals surface area contributed by atoms with Crippen molar-refractivity contribution in [1.29, 1.82) is 0 Å². The Morgan fingerprint density at radius 3 is 2.43 bits per heavy atom. The molecule has 3 nitrogen and oxygen atoms in total. The van der Waals surface area contributed by atoms with E-state index < -0.39 is 14.9 Å². The zero-order chi connectivity index (χ0) is 10.8. The average molecular weight is 346 g/mol. The zero-order valence-corrected chi connectivity index (χ0v) is 11.3. The largest absolute Gasteiger partial charge is 0.285 e. The van der Waals surface area contributed by atoms with Crippen LogP contribution in [0.2, 0.25) is 0 Å². The minimum absolute atomic E-state index is 0.196. The van der Waals surface area contributed by atoms with Gasteiger partial charge >= 0.3 is 0 Å². The molecule has 0 aromatic carbocycles. The summed E-state index contributed by atoms with van der Waals surface area (Å²) in [5.41, 5.74) is 1.02. The molecule has 0 saturated heterocycles. The summed E-state index contributed by atoms with van der Waals surface area (Å²) in [4.78, 5) is 0. The van der Waals surface area contributed by atoms with Gasteiger partial charge < -0.3 is 0 Å². The number of halogens is 2. The lowest BCUT2D eigenvalue weighted by molar-refractivity contribution is 0.454. The van der Waals surface area contributed by atoms with Crippen LogP contribution in [0, 0.1) is 0 Å². The van der Waals surface area contributed by atoms with Crippen LogP contribution >= 0.6 is 31.9 Å². The fraction of sp³-hybridized carbons (Fsp3) is 0.500. The summed E-state index contributed by atoms with van der Waals surface area (Å²) in [6.45, 7) is 0. The molecular weight excluding hydrogens is 336 g/mol. The third kappa shape index (κ3) is 2.29. The molecule has 0 spiro atoms. The van der Waals surface area contributed by atoms with Crippen LogP contribution in [0.15, 0.2) is 23.8 Å². The first-order chi connectivity index (χ1) is 6.45. The minimum atomic E-state index is -4.06. The predicted octanol–water partition coefficient (Wildman–Crippen LogP) is 2.29. The number of rotatable bonds is 3. The van der Waals surface area contributed by atoms with Gasteiger partial charge in [-0.05, 0) is 12.0 Å². The molecule has 0 aromatic heterocycles. The van der Waals surface area contributed by atoms with Gasteiger partial charge in [0, 0.05) is 10.7 Å². The molecule has 0 heterocycles. The highest BCUT2D eigenvalue weighted by atomic mass is 79.9. The molecule has 0 bridgehead atoms. The Bertz CT molecular complexity index is 372. The van der Waals surface area contributed by atoms with Gasteiger partial charge in [-0.1, -0.05) is 50.1 Å². The Hall–Kier alpha value is 0.350. The van der Waals surface area contributed by atoms with Crippen LogP contribution in [-0.2, 0) is 10.1 Å². The SMILES string of the molecule is O=S(=O)(O)C1(CBr)C=CC(CBr)=CC1. The van der Waals surface area contributed by atoms with Crippen molar-refractivity contribution < 1.29 is 13.0 Å². The lowest BCUT2D eigenvalue weighted by Gasteiger charge is -2.26. The molecule has 0 saturated carbocycles. The van der Waals surface area contributed by atoms with E-state index >= 15 is 0 Å². The summed E-state index contributed by atoms with van der Waals surface area (Å²) < 4.78 is 30.2. The van der Waals surface area contributed by atoms with E-state index in [0.717, 1.165) is 5.57 Å². The van der Waals surface area contributed by atoms with Gasteiger partial charge in [-0.15, -0.1) is 0 Å². The van der Waals surface area contributed by atoms with Gasteiger partial charge in [0.1, 0.15) is 4.75 Å². The number of allylic oxidation sites excluding steroid dienone is 3. The average Bonchev–Trinajstić information content (AvgIpc) is 2.16. The Labute approximate surface area is 100 Å². The van der Waals surface area contributed by atoms with E-state index in [-0.39, 0.29) is 5.33 Å². The van der Waals surface area contributed by atoms with E-state index in [1.807, 2.05) is 6.08 Å². The second kappa shape index (κ2) is 4.47. The van der Waals surface area contributed by atoms with E-state index in [4.69, 9.17) is 4.55 Å². The summed E-state index contributed by atoms with van der Waals surface area (Å²) in [5, 5.41) is 0.884. The Morgan fingerprint density at radius 1 is 1.50 bits per heavy atom. The highest BCUT2D eigenvalue weighted by Crippen LogP contribution is 2.30. The van der Waals surface area contributed by atoms with Crippen LogP contribution in [0.25, 0.3) is 0 Å². The van der Waals surface area contributed by atoms with Crippen molar-refractivity contribution in [2.24, 2.45) is 0 Å². The molecule has 0 fully saturated rings. The lowest BCUT2D eigenvalue weighted by atomic mass is 9.98. The van der Waals surface area contributed by atoms with Gasteiger partial charge in [-0.25, -0.2) is 0 Å². The smallest absolute Gasteiger partial charge is 0.275 e. The fourth-order valence-corrected chi connectivity index (χ4v) is 3.53. The molecule has 6 heteroatoms. The summed E-state index contributed by atoms with van der Waals surface area (Å²) >= 11 is 6.39. The standard InChI is InChI=1S/C8H10Br2O3S/c9-5-7-1-3-8(6-10,4-2-7)14(11,12)13/h1-3H,4-6H2,(H,11,12,13). The van der Waals surface area contributed by atoms with E-state index in [1.165, 1.54) is 6.08 Å². The molecule has 1 unspecified atom stereocenters. The van der Waals surface area contributed by atoms with Gasteiger partial charge in [0.25, 0.3) is 10.1 Å². The zero-order valence-electron chi connectivity index (χ0n) is 7.28. The van der Waals surface area contributed by atoms with E-state index in [2.05, 4.69) is 31.9 Å². The van der Waals surface area contributed by atoms with Crippen LogP contribution in [-0.4, -0.2) is 28.4 Å². The van der Waals surface area contributed by atoms with E-state index in [1.54, 1.807) is 6.08 Å². The Balaban J connectivity index is 3.02. The monoisotopic (exact) mass is 344 g/mol. The predicted molar refractivity (Wildman–Crippen MR) is 63.7 cm³/mol. The first kappa shape index (κ1) is 12.4. The summed E-state index contributed by atoms with van der Waals surface area (Å²) in [6.07, 6.45) is 5.36. The molecule has 80 valence electrons. The van der Waals surface area contributed by atoms with Crippen molar-refractivity contribution in [3.05, 3.63) is 23.8 Å². The van der Waals surface area contributed by atoms with Crippen molar-refractivity contribution in [1.82, 2.24) is 0 Å². The van der Waals surface area contributed by atoms with Crippen molar-refractivity contribution in [2.45, 2.75) is 11.2 Å². The number of hydrogen-bond donors (Lipinski definition) is 1. The minimum Gasteiger partial charge on any atom is -0.285 e. The van der Waals surface area contributed by atoms with Crippen molar-refractivity contribution in [2.75, 3.05) is 10.7 Å². The van der Waals surface area contributed by atoms with Crippen molar-refractivity contribution in [3.8, 4) is 0 Å². The third-order valence-corrected chi connectivity index (χ3v) is 5.70. The number of hydrogen-bond acceptors (Lipinski definition) is 2. The van der Waals surface area contributed by atoms with Crippen LogP contribution in [0.4, 0.5) is 0 Å². The second-order valence-electron chi connectivity index (χ2n) is 3.12. The van der Waals surface area contributed by atoms with E-state index in [9.17, 15) is 8.42 Å². The van der Waals surface area contributed by atoms with Gasteiger partial charge in [0.05, 0.1) is 0 Å². The molecule has 0 amide bonds. The van der Waals surface area contributed by atoms with Crippen molar-refractivity contribution >= 4 is 42.0 Å². The summed E-state index contributed by atoms with van der Waals surface area (Å²) in [7, 11) is -4.06. The van der Waals surface area contributed by atoms with Crippen LogP contribution < -0.4 is 0 Å². The van der Waals surface area contributed by atoms with Gasteiger partial charge in [0.15, 0.2) is 0 Å². The summed E-state index contributed by atoms with van der Waals surface area (Å²) in [5.74, 6) is 0. The normalized spacial score (nSPS) is 27.5. The van der Waals surface area contributed by atoms with Gasteiger partial charge in [-0.2, -0.15) is 8.42 Å². The first-order valence-electron chi connectivity index (χ1n) is 3.92. The molecule has 1 N–H and O–H groups in total. The molecule has 0 radical (unpaired) electrons. The second-order valence-corrected chi connectivity index (χ2v) is 6.01. The van der Waals surface area contributed by atoms with Crippen LogP contribution in [0.1, 0.15) is 6.42 Å². The van der Waals surface area contributed by atoms with Crippen molar-refractivity contribution in [3.63, 3.8) is 0 Å². The summed E-state index contributed by atoms with van der Waals surface area (Å²) in [6, 6.07) is 0. The quantitative estimate of drug-likeness (QED) is 0.630. The van der Waals surface area contributed by atoms with Crippen LogP contribution in [0.5, 0.6) is 0 Å². The molecule has 1 atom stereocenters. The molecule has 1 rings (SSSR count). The Morgan fingerprint density at radius 2 is 2.14 bits per heavy atom. The molecule has 1 aliphatic rings. The maximum Gasteiger partial charge on any atom is 0.275 e. The fourth-order valence-electron chi connectivity index (χ4n) is 1.16. The maximum atomic E-state index is 11.2. The van der Waals surface area contributed by atoms with Crippen LogP contribution in [0.3, 0.4) is 0 Å². The van der Waals surface area contributed by atoms with Gasteiger partial charge in [0.2, 0.25) is 0 Å². The highest BCUT2D eigenvalue weighted by Gasteiger charge is 2.39. The Kier molecular flexibility index (Phi) is 3.96. The number of alkyl halides is 2. The molecular formula is C8H10Br2O3S. The first-order valence-corrected chi connectivity index (χ1v) is 7.61. The molecule has 14 heavy (non-hydrogen) atoms. The topological polar surface area (TPSA) is 54.4 Å². The van der Waals surface area contributed by atoms with E-state index in [0.29, 0.717) is 11.8 Å².